The molecule has 64 valence electrons. The first-order valence-electron chi connectivity index (χ1n) is 5.02. The zero-order valence-corrected chi connectivity index (χ0v) is 7.53. The Morgan fingerprint density at radius 2 is 2.09 bits per heavy atom. The van der Waals surface area contributed by atoms with Crippen molar-refractivity contribution in [2.75, 3.05) is 6.54 Å². The Morgan fingerprint density at radius 1 is 1.18 bits per heavy atom. The van der Waals surface area contributed by atoms with Crippen LogP contribution in [0.25, 0.3) is 0 Å². The predicted octanol–water partition coefficient (Wildman–Crippen LogP) is 2.32. The van der Waals surface area contributed by atoms with Gasteiger partial charge in [-0.15, -0.1) is 0 Å². The largest absolute Gasteiger partial charge is 0.313 e. The number of hydrogen-bond donors (Lipinski definition) is 1. The van der Waals surface area contributed by atoms with E-state index < -0.39 is 0 Å². The highest BCUT2D eigenvalue weighted by Gasteiger charge is 2.31. The van der Waals surface area contributed by atoms with Crippen molar-refractivity contribution in [3.8, 4) is 0 Å². The molecule has 11 heavy (non-hydrogen) atoms. The summed E-state index contributed by atoms with van der Waals surface area (Å²) in [7, 11) is 0. The Morgan fingerprint density at radius 3 is 2.82 bits per heavy atom. The quantitative estimate of drug-likeness (QED) is 0.563. The SMILES string of the molecule is CC12CCCCC(CC1)NC2. The van der Waals surface area contributed by atoms with Crippen LogP contribution in [0.1, 0.15) is 45.4 Å². The number of fused-ring (bicyclic) bond motifs is 5. The van der Waals surface area contributed by atoms with Crippen molar-refractivity contribution in [2.45, 2.75) is 51.5 Å². The highest BCUT2D eigenvalue weighted by atomic mass is 14.9. The van der Waals surface area contributed by atoms with Crippen LogP contribution in [0.4, 0.5) is 0 Å². The van der Waals surface area contributed by atoms with Crippen molar-refractivity contribution in [3.05, 3.63) is 0 Å². The lowest BCUT2D eigenvalue weighted by atomic mass is 9.74. The first-order chi connectivity index (χ1) is 5.29. The van der Waals surface area contributed by atoms with Gasteiger partial charge in [0.15, 0.2) is 0 Å². The lowest BCUT2D eigenvalue weighted by molar-refractivity contribution is 0.154. The minimum absolute atomic E-state index is 0.650. The van der Waals surface area contributed by atoms with Crippen LogP contribution in [0, 0.1) is 5.41 Å². The van der Waals surface area contributed by atoms with Gasteiger partial charge in [-0.3, -0.25) is 0 Å². The Hall–Kier alpha value is -0.0400. The second-order valence-electron chi connectivity index (χ2n) is 4.67. The average Bonchev–Trinajstić information content (AvgIpc) is 1.96. The molecule has 2 saturated heterocycles. The van der Waals surface area contributed by atoms with E-state index in [1.54, 1.807) is 0 Å². The van der Waals surface area contributed by atoms with Gasteiger partial charge in [-0.25, -0.2) is 0 Å². The average molecular weight is 153 g/mol. The molecule has 1 saturated carbocycles. The maximum atomic E-state index is 3.66. The Kier molecular flexibility index (Phi) is 1.92. The summed E-state index contributed by atoms with van der Waals surface area (Å²) >= 11 is 0. The second-order valence-corrected chi connectivity index (χ2v) is 4.67. The monoisotopic (exact) mass is 153 g/mol. The van der Waals surface area contributed by atoms with Crippen LogP contribution >= 0.6 is 0 Å². The third kappa shape index (κ3) is 1.58. The van der Waals surface area contributed by atoms with Crippen molar-refractivity contribution in [1.82, 2.24) is 5.32 Å². The summed E-state index contributed by atoms with van der Waals surface area (Å²) in [5, 5.41) is 3.66. The zero-order chi connectivity index (χ0) is 7.73. The van der Waals surface area contributed by atoms with E-state index in [0.717, 1.165) is 6.04 Å². The van der Waals surface area contributed by atoms with E-state index in [1.165, 1.54) is 45.1 Å². The van der Waals surface area contributed by atoms with Crippen LogP contribution in [0.15, 0.2) is 0 Å². The Balaban J connectivity index is 2.04. The lowest BCUT2D eigenvalue weighted by Crippen LogP contribution is -2.45. The molecule has 1 heteroatoms. The van der Waals surface area contributed by atoms with E-state index in [1.807, 2.05) is 0 Å². The van der Waals surface area contributed by atoms with Gasteiger partial charge in [-0.2, -0.15) is 0 Å². The fourth-order valence-corrected chi connectivity index (χ4v) is 2.51. The summed E-state index contributed by atoms with van der Waals surface area (Å²) in [6.07, 6.45) is 8.69. The summed E-state index contributed by atoms with van der Waals surface area (Å²) < 4.78 is 0. The highest BCUT2D eigenvalue weighted by molar-refractivity contribution is 4.88. The van der Waals surface area contributed by atoms with Crippen LogP contribution in [0.2, 0.25) is 0 Å². The molecule has 0 amide bonds. The van der Waals surface area contributed by atoms with Crippen molar-refractivity contribution < 1.29 is 0 Å². The molecular weight excluding hydrogens is 134 g/mol. The van der Waals surface area contributed by atoms with Gasteiger partial charge in [0.1, 0.15) is 0 Å². The third-order valence-electron chi connectivity index (χ3n) is 3.50. The molecule has 2 atom stereocenters. The van der Waals surface area contributed by atoms with Crippen LogP contribution in [-0.2, 0) is 0 Å². The molecular formula is C10H19N. The maximum Gasteiger partial charge on any atom is 0.00675 e. The van der Waals surface area contributed by atoms with Gasteiger partial charge >= 0.3 is 0 Å². The maximum absolute atomic E-state index is 3.66. The molecule has 0 radical (unpaired) electrons. The molecule has 1 N–H and O–H groups in total. The molecule has 3 rings (SSSR count). The number of hydrogen-bond acceptors (Lipinski definition) is 1. The first kappa shape index (κ1) is 7.60. The minimum Gasteiger partial charge on any atom is -0.313 e. The topological polar surface area (TPSA) is 12.0 Å². The van der Waals surface area contributed by atoms with Crippen molar-refractivity contribution >= 4 is 0 Å². The minimum atomic E-state index is 0.650. The fourth-order valence-electron chi connectivity index (χ4n) is 2.51. The number of piperidine rings is 1. The molecule has 0 spiro atoms. The molecule has 2 heterocycles. The van der Waals surface area contributed by atoms with Crippen molar-refractivity contribution in [2.24, 2.45) is 5.41 Å². The molecule has 0 aromatic rings. The standard InChI is InChI=1S/C10H19N/c1-10-6-3-2-4-9(5-7-10)11-8-10/h9,11H,2-8H2,1H3. The van der Waals surface area contributed by atoms with E-state index in [9.17, 15) is 0 Å². The Labute approximate surface area is 69.6 Å². The van der Waals surface area contributed by atoms with Gasteiger partial charge in [0.2, 0.25) is 0 Å². The molecule has 1 aliphatic carbocycles. The van der Waals surface area contributed by atoms with Crippen LogP contribution in [0.5, 0.6) is 0 Å². The summed E-state index contributed by atoms with van der Waals surface area (Å²) in [5.74, 6) is 0. The molecule has 0 aromatic carbocycles. The van der Waals surface area contributed by atoms with E-state index >= 15 is 0 Å². The highest BCUT2D eigenvalue weighted by Crippen LogP contribution is 2.36. The van der Waals surface area contributed by atoms with Crippen LogP contribution in [-0.4, -0.2) is 12.6 Å². The normalized spacial score (nSPS) is 45.0. The second kappa shape index (κ2) is 2.78. The zero-order valence-electron chi connectivity index (χ0n) is 7.53. The summed E-state index contributed by atoms with van der Waals surface area (Å²) in [5.41, 5.74) is 0.650. The van der Waals surface area contributed by atoms with Gasteiger partial charge in [-0.1, -0.05) is 19.8 Å². The molecule has 1 nitrogen and oxygen atoms in total. The van der Waals surface area contributed by atoms with Gasteiger partial charge in [0, 0.05) is 12.6 Å². The van der Waals surface area contributed by atoms with Gasteiger partial charge in [-0.05, 0) is 31.1 Å². The lowest BCUT2D eigenvalue weighted by Gasteiger charge is -2.40. The van der Waals surface area contributed by atoms with Gasteiger partial charge in [0.05, 0.1) is 0 Å². The van der Waals surface area contributed by atoms with Gasteiger partial charge < -0.3 is 5.32 Å². The van der Waals surface area contributed by atoms with Crippen LogP contribution in [0.3, 0.4) is 0 Å². The predicted molar refractivity (Wildman–Crippen MR) is 47.6 cm³/mol. The van der Waals surface area contributed by atoms with E-state index in [2.05, 4.69) is 12.2 Å². The van der Waals surface area contributed by atoms with Crippen LogP contribution < -0.4 is 5.32 Å². The summed E-state index contributed by atoms with van der Waals surface area (Å²) in [6.45, 7) is 3.72. The van der Waals surface area contributed by atoms with E-state index in [0.29, 0.717) is 5.41 Å². The first-order valence-corrected chi connectivity index (χ1v) is 5.02. The molecule has 3 fully saturated rings. The van der Waals surface area contributed by atoms with E-state index in [-0.39, 0.29) is 0 Å². The van der Waals surface area contributed by atoms with E-state index in [4.69, 9.17) is 0 Å². The van der Waals surface area contributed by atoms with Crippen molar-refractivity contribution in [3.63, 3.8) is 0 Å². The molecule has 2 unspecified atom stereocenters. The molecule has 3 aliphatic rings. The molecule has 0 aromatic heterocycles. The Bertz CT molecular complexity index is 128. The third-order valence-corrected chi connectivity index (χ3v) is 3.50. The summed E-state index contributed by atoms with van der Waals surface area (Å²) in [4.78, 5) is 0. The number of nitrogens with one attached hydrogen (secondary N) is 1. The summed E-state index contributed by atoms with van der Waals surface area (Å²) in [6, 6.07) is 0.864. The molecule has 2 aliphatic heterocycles. The fraction of sp³-hybridized carbons (Fsp3) is 1.00. The number of rotatable bonds is 0. The smallest absolute Gasteiger partial charge is 0.00675 e. The molecule has 2 bridgehead atoms. The van der Waals surface area contributed by atoms with Crippen molar-refractivity contribution in [1.29, 1.82) is 0 Å². The van der Waals surface area contributed by atoms with Gasteiger partial charge in [0.25, 0.3) is 0 Å².